The molecule has 1 N–H and O–H groups in total. The fourth-order valence-electron chi connectivity index (χ4n) is 2.60. The number of rotatable bonds is 1. The Morgan fingerprint density at radius 1 is 1.24 bits per heavy atom. The van der Waals surface area contributed by atoms with Crippen LogP contribution in [-0.2, 0) is 0 Å². The second kappa shape index (κ2) is 3.91. The zero-order valence-corrected chi connectivity index (χ0v) is 10.3. The van der Waals surface area contributed by atoms with Crippen LogP contribution in [0.15, 0.2) is 30.5 Å². The highest BCUT2D eigenvalue weighted by atomic mass is 15.4. The van der Waals surface area contributed by atoms with Gasteiger partial charge in [0, 0.05) is 12.1 Å². The lowest BCUT2D eigenvalue weighted by Gasteiger charge is -2.27. The molecule has 0 saturated carbocycles. The van der Waals surface area contributed by atoms with Gasteiger partial charge in [0.2, 0.25) is 0 Å². The maximum Gasteiger partial charge on any atom is 0.127 e. The molecule has 2 aromatic rings. The maximum atomic E-state index is 4.51. The van der Waals surface area contributed by atoms with Gasteiger partial charge in [-0.2, -0.15) is 5.10 Å². The molecule has 3 nitrogen and oxygen atoms in total. The first-order valence-electron chi connectivity index (χ1n) is 6.11. The molecule has 3 heteroatoms. The van der Waals surface area contributed by atoms with Gasteiger partial charge in [-0.3, -0.25) is 0 Å². The smallest absolute Gasteiger partial charge is 0.127 e. The Labute approximate surface area is 101 Å². The van der Waals surface area contributed by atoms with Gasteiger partial charge in [0.15, 0.2) is 0 Å². The van der Waals surface area contributed by atoms with Gasteiger partial charge in [0.05, 0.1) is 12.2 Å². The van der Waals surface area contributed by atoms with Crippen molar-refractivity contribution in [3.8, 4) is 0 Å². The molecule has 0 bridgehead atoms. The zero-order valence-electron chi connectivity index (χ0n) is 10.3. The van der Waals surface area contributed by atoms with E-state index in [1.807, 2.05) is 6.20 Å². The maximum absolute atomic E-state index is 4.51. The molecule has 0 radical (unpaired) electrons. The van der Waals surface area contributed by atoms with E-state index in [1.165, 1.54) is 22.5 Å². The number of hydrogen-bond acceptors (Lipinski definition) is 2. The van der Waals surface area contributed by atoms with Crippen LogP contribution in [0.5, 0.6) is 0 Å². The number of aromatic nitrogens is 2. The van der Waals surface area contributed by atoms with Crippen molar-refractivity contribution < 1.29 is 0 Å². The lowest BCUT2D eigenvalue weighted by molar-refractivity contribution is 0.480. The normalized spacial score (nSPS) is 18.6. The molecule has 1 aromatic carbocycles. The minimum Gasteiger partial charge on any atom is -0.370 e. The second-order valence-electron chi connectivity index (χ2n) is 4.71. The van der Waals surface area contributed by atoms with Crippen LogP contribution in [0.25, 0.3) is 0 Å². The van der Waals surface area contributed by atoms with Crippen molar-refractivity contribution in [2.45, 2.75) is 26.3 Å². The Balaban J connectivity index is 2.09. The molecular formula is C14H17N3. The zero-order chi connectivity index (χ0) is 11.8. The fraction of sp³-hybridized carbons (Fsp3) is 0.357. The molecule has 1 aliphatic heterocycles. The molecule has 0 aliphatic carbocycles. The molecule has 88 valence electrons. The number of benzene rings is 1. The summed E-state index contributed by atoms with van der Waals surface area (Å²) in [7, 11) is 0. The summed E-state index contributed by atoms with van der Waals surface area (Å²) in [6.07, 6.45) is 3.04. The Bertz CT molecular complexity index is 542. The summed E-state index contributed by atoms with van der Waals surface area (Å²) in [6, 6.07) is 8.97. The Kier molecular flexibility index (Phi) is 2.39. The first-order chi connectivity index (χ1) is 8.27. The highest BCUT2D eigenvalue weighted by molar-refractivity contribution is 5.46. The molecule has 1 atom stereocenters. The van der Waals surface area contributed by atoms with Gasteiger partial charge in [0.1, 0.15) is 5.82 Å². The number of fused-ring (bicyclic) bond motifs is 1. The summed E-state index contributed by atoms with van der Waals surface area (Å²) in [5, 5.41) is 7.94. The Morgan fingerprint density at radius 2 is 2.06 bits per heavy atom. The first kappa shape index (κ1) is 10.4. The quantitative estimate of drug-likeness (QED) is 0.811. The van der Waals surface area contributed by atoms with Crippen molar-refractivity contribution in [3.63, 3.8) is 0 Å². The summed E-state index contributed by atoms with van der Waals surface area (Å²) in [5.41, 5.74) is 3.96. The Morgan fingerprint density at radius 3 is 2.88 bits per heavy atom. The molecule has 1 aromatic heterocycles. The van der Waals surface area contributed by atoms with Crippen LogP contribution in [-0.4, -0.2) is 16.3 Å². The second-order valence-corrected chi connectivity index (χ2v) is 4.71. The van der Waals surface area contributed by atoms with E-state index < -0.39 is 0 Å². The van der Waals surface area contributed by atoms with Crippen LogP contribution < -0.4 is 5.32 Å². The molecule has 1 aliphatic rings. The number of nitrogens with zero attached hydrogens (tertiary/aromatic N) is 2. The van der Waals surface area contributed by atoms with Crippen LogP contribution in [0.4, 0.5) is 5.82 Å². The van der Waals surface area contributed by atoms with E-state index >= 15 is 0 Å². The third-order valence-electron chi connectivity index (χ3n) is 3.53. The van der Waals surface area contributed by atoms with Crippen molar-refractivity contribution in [3.05, 3.63) is 47.2 Å². The molecular weight excluding hydrogens is 210 g/mol. The number of nitrogens with one attached hydrogen (secondary N) is 1. The van der Waals surface area contributed by atoms with Crippen molar-refractivity contribution >= 4 is 5.82 Å². The van der Waals surface area contributed by atoms with Crippen molar-refractivity contribution in [2.24, 2.45) is 0 Å². The SMILES string of the molecule is Cc1ccccc1C1CCNc2c(C)cnn21. The summed E-state index contributed by atoms with van der Waals surface area (Å²) in [6.45, 7) is 5.30. The van der Waals surface area contributed by atoms with Crippen molar-refractivity contribution in [1.82, 2.24) is 9.78 Å². The highest BCUT2D eigenvalue weighted by Crippen LogP contribution is 2.32. The minimum absolute atomic E-state index is 0.376. The molecule has 0 spiro atoms. The van der Waals surface area contributed by atoms with Crippen LogP contribution >= 0.6 is 0 Å². The van der Waals surface area contributed by atoms with Crippen molar-refractivity contribution in [2.75, 3.05) is 11.9 Å². The molecule has 0 saturated heterocycles. The van der Waals surface area contributed by atoms with Crippen molar-refractivity contribution in [1.29, 1.82) is 0 Å². The lowest BCUT2D eigenvalue weighted by atomic mass is 9.98. The van der Waals surface area contributed by atoms with Crippen LogP contribution in [0.2, 0.25) is 0 Å². The number of hydrogen-bond donors (Lipinski definition) is 1. The van der Waals surface area contributed by atoms with Gasteiger partial charge in [-0.1, -0.05) is 24.3 Å². The first-order valence-corrected chi connectivity index (χ1v) is 6.11. The standard InChI is InChI=1S/C14H17N3/c1-10-5-3-4-6-12(10)13-7-8-15-14-11(2)9-16-17(13)14/h3-6,9,13,15H,7-8H2,1-2H3. The van der Waals surface area contributed by atoms with Gasteiger partial charge in [-0.25, -0.2) is 4.68 Å². The average molecular weight is 227 g/mol. The summed E-state index contributed by atoms with van der Waals surface area (Å²) >= 11 is 0. The van der Waals surface area contributed by atoms with Crippen LogP contribution in [0.1, 0.15) is 29.2 Å². The predicted molar refractivity (Wildman–Crippen MR) is 69.4 cm³/mol. The molecule has 3 rings (SSSR count). The molecule has 2 heterocycles. The van der Waals surface area contributed by atoms with Gasteiger partial charge < -0.3 is 5.32 Å². The lowest BCUT2D eigenvalue weighted by Crippen LogP contribution is -2.25. The topological polar surface area (TPSA) is 29.9 Å². The summed E-state index contributed by atoms with van der Waals surface area (Å²) < 4.78 is 2.13. The van der Waals surface area contributed by atoms with E-state index in [4.69, 9.17) is 0 Å². The van der Waals surface area contributed by atoms with Gasteiger partial charge in [-0.05, 0) is 31.4 Å². The summed E-state index contributed by atoms with van der Waals surface area (Å²) in [4.78, 5) is 0. The summed E-state index contributed by atoms with van der Waals surface area (Å²) in [5.74, 6) is 1.17. The van der Waals surface area contributed by atoms with Gasteiger partial charge >= 0.3 is 0 Å². The van der Waals surface area contributed by atoms with Gasteiger partial charge in [-0.15, -0.1) is 0 Å². The monoisotopic (exact) mass is 227 g/mol. The molecule has 1 unspecified atom stereocenters. The Hall–Kier alpha value is -1.77. The highest BCUT2D eigenvalue weighted by Gasteiger charge is 2.23. The largest absolute Gasteiger partial charge is 0.370 e. The molecule has 0 amide bonds. The minimum atomic E-state index is 0.376. The number of aryl methyl sites for hydroxylation is 2. The van der Waals surface area contributed by atoms with E-state index in [0.29, 0.717) is 6.04 Å². The van der Waals surface area contributed by atoms with E-state index in [9.17, 15) is 0 Å². The fourth-order valence-corrected chi connectivity index (χ4v) is 2.60. The van der Waals surface area contributed by atoms with E-state index in [0.717, 1.165) is 13.0 Å². The predicted octanol–water partition coefficient (Wildman–Crippen LogP) is 2.90. The van der Waals surface area contributed by atoms with Crippen LogP contribution in [0.3, 0.4) is 0 Å². The van der Waals surface area contributed by atoms with E-state index in [1.54, 1.807) is 0 Å². The van der Waals surface area contributed by atoms with E-state index in [-0.39, 0.29) is 0 Å². The third kappa shape index (κ3) is 1.62. The van der Waals surface area contributed by atoms with E-state index in [2.05, 4.69) is 53.2 Å². The number of anilines is 1. The molecule has 0 fully saturated rings. The third-order valence-corrected chi connectivity index (χ3v) is 3.53. The van der Waals surface area contributed by atoms with Crippen LogP contribution in [0, 0.1) is 13.8 Å². The average Bonchev–Trinajstić information content (AvgIpc) is 2.72. The molecule has 17 heavy (non-hydrogen) atoms. The van der Waals surface area contributed by atoms with Gasteiger partial charge in [0.25, 0.3) is 0 Å².